The van der Waals surface area contributed by atoms with Gasteiger partial charge in [0, 0.05) is 0 Å². The van der Waals surface area contributed by atoms with E-state index in [4.69, 9.17) is 5.73 Å². The van der Waals surface area contributed by atoms with Gasteiger partial charge in [-0.25, -0.2) is 0 Å². The average Bonchev–Trinajstić information content (AvgIpc) is 1.66. The third kappa shape index (κ3) is 179. The highest BCUT2D eigenvalue weighted by atomic mass is 16.0. The smallest absolute Gasteiger partial charge is 0.00774 e. The molecule has 0 fully saturated rings. The summed E-state index contributed by atoms with van der Waals surface area (Å²) in [7, 11) is 6.00. The van der Waals surface area contributed by atoms with Gasteiger partial charge in [-0.2, -0.15) is 0 Å². The lowest BCUT2D eigenvalue weighted by molar-refractivity contribution is 0.505. The minimum absolute atomic E-state index is 0. The van der Waals surface area contributed by atoms with Crippen molar-refractivity contribution in [1.82, 2.24) is 4.90 Å². The topological polar surface area (TPSA) is 92.3 Å². The van der Waals surface area contributed by atoms with Crippen LogP contribution in [0.15, 0.2) is 0 Å². The highest BCUT2D eigenvalue weighted by Gasteiger charge is 1.67. The molecule has 74 valence electrons. The molecular weight excluding hydrogens is 144 g/mol. The minimum atomic E-state index is 0. The molecule has 11 heavy (non-hydrogen) atoms. The first-order chi connectivity index (χ1) is 4.15. The van der Waals surface area contributed by atoms with Gasteiger partial charge in [0.15, 0.2) is 0 Å². The predicted octanol–water partition coefficient (Wildman–Crippen LogP) is -0.726. The Morgan fingerprint density at radius 2 is 1.36 bits per heavy atom. The summed E-state index contributed by atoms with van der Waals surface area (Å²) in [5.41, 5.74) is 5.14. The molecule has 4 heteroatoms. The van der Waals surface area contributed by atoms with Gasteiger partial charge < -0.3 is 21.6 Å². The van der Waals surface area contributed by atoms with Crippen LogP contribution in [0.3, 0.4) is 0 Å². The van der Waals surface area contributed by atoms with Crippen molar-refractivity contribution in [1.29, 1.82) is 0 Å². The van der Waals surface area contributed by atoms with Gasteiger partial charge in [0.05, 0.1) is 0 Å². The highest BCUT2D eigenvalue weighted by Crippen LogP contribution is 1.77. The average molecular weight is 168 g/mol. The van der Waals surface area contributed by atoms with Gasteiger partial charge >= 0.3 is 0 Å². The van der Waals surface area contributed by atoms with E-state index in [1.54, 1.807) is 0 Å². The zero-order valence-electron chi connectivity index (χ0n) is 8.15. The molecule has 0 saturated heterocycles. The lowest BCUT2D eigenvalue weighted by atomic mass is 10.3. The fraction of sp³-hybridized carbons (Fsp3) is 1.00. The Kier molecular flexibility index (Phi) is 46.0. The second-order valence-corrected chi connectivity index (χ2v) is 2.48. The molecule has 0 amide bonds. The van der Waals surface area contributed by atoms with Crippen LogP contribution in [0.4, 0.5) is 0 Å². The van der Waals surface area contributed by atoms with Crippen molar-refractivity contribution in [2.45, 2.75) is 19.8 Å². The summed E-state index contributed by atoms with van der Waals surface area (Å²) >= 11 is 0. The highest BCUT2D eigenvalue weighted by molar-refractivity contribution is 4.29. The van der Waals surface area contributed by atoms with Crippen molar-refractivity contribution in [2.24, 2.45) is 5.73 Å². The summed E-state index contributed by atoms with van der Waals surface area (Å²) in [4.78, 5) is 2.00. The van der Waals surface area contributed by atoms with Crippen LogP contribution in [-0.2, 0) is 0 Å². The van der Waals surface area contributed by atoms with E-state index in [9.17, 15) is 0 Å². The summed E-state index contributed by atoms with van der Waals surface area (Å²) in [6.07, 6.45) is 2.39. The van der Waals surface area contributed by atoms with Gasteiger partial charge in [-0.1, -0.05) is 13.3 Å². The fourth-order valence-corrected chi connectivity index (χ4v) is 0.204. The summed E-state index contributed by atoms with van der Waals surface area (Å²) in [6.45, 7) is 2.98. The normalized spacial score (nSPS) is 7.09. The molecular formula is C7H24N2O2. The Morgan fingerprint density at radius 1 is 1.09 bits per heavy atom. The van der Waals surface area contributed by atoms with Crippen molar-refractivity contribution in [3.63, 3.8) is 0 Å². The first-order valence-corrected chi connectivity index (χ1v) is 3.46. The summed E-state index contributed by atoms with van der Waals surface area (Å²) < 4.78 is 0. The SMILES string of the molecule is CCCCN.CN(C)C.O.O. The molecule has 0 spiro atoms. The second kappa shape index (κ2) is 22.5. The molecule has 0 aromatic carbocycles. The van der Waals surface area contributed by atoms with Gasteiger partial charge in [0.1, 0.15) is 0 Å². The summed E-state index contributed by atoms with van der Waals surface area (Å²) in [6, 6.07) is 0. The van der Waals surface area contributed by atoms with E-state index >= 15 is 0 Å². The Hall–Kier alpha value is -0.160. The van der Waals surface area contributed by atoms with Gasteiger partial charge in [0.2, 0.25) is 0 Å². The van der Waals surface area contributed by atoms with Gasteiger partial charge in [0.25, 0.3) is 0 Å². The van der Waals surface area contributed by atoms with Crippen LogP contribution >= 0.6 is 0 Å². The van der Waals surface area contributed by atoms with Crippen molar-refractivity contribution >= 4 is 0 Å². The molecule has 0 unspecified atom stereocenters. The van der Waals surface area contributed by atoms with E-state index in [0.29, 0.717) is 0 Å². The monoisotopic (exact) mass is 168 g/mol. The van der Waals surface area contributed by atoms with E-state index in [0.717, 1.165) is 6.54 Å². The predicted molar refractivity (Wildman–Crippen MR) is 50.8 cm³/mol. The molecule has 0 heterocycles. The molecule has 4 nitrogen and oxygen atoms in total. The van der Waals surface area contributed by atoms with Crippen LogP contribution in [0.2, 0.25) is 0 Å². The lowest BCUT2D eigenvalue weighted by Crippen LogP contribution is -1.99. The van der Waals surface area contributed by atoms with E-state index in [-0.39, 0.29) is 11.0 Å². The van der Waals surface area contributed by atoms with Crippen molar-refractivity contribution < 1.29 is 11.0 Å². The van der Waals surface area contributed by atoms with E-state index in [2.05, 4.69) is 6.92 Å². The minimum Gasteiger partial charge on any atom is -0.412 e. The Morgan fingerprint density at radius 3 is 1.36 bits per heavy atom. The van der Waals surface area contributed by atoms with Crippen molar-refractivity contribution in [3.8, 4) is 0 Å². The largest absolute Gasteiger partial charge is 0.412 e. The first-order valence-electron chi connectivity index (χ1n) is 3.46. The molecule has 0 aromatic rings. The number of unbranched alkanes of at least 4 members (excludes halogenated alkanes) is 1. The third-order valence-corrected chi connectivity index (χ3v) is 0.558. The number of rotatable bonds is 2. The first kappa shape index (κ1) is 22.4. The molecule has 6 N–H and O–H groups in total. The van der Waals surface area contributed by atoms with E-state index in [1.807, 2.05) is 26.0 Å². The van der Waals surface area contributed by atoms with Crippen LogP contribution in [0.5, 0.6) is 0 Å². The molecule has 0 aliphatic rings. The molecule has 0 radical (unpaired) electrons. The van der Waals surface area contributed by atoms with E-state index in [1.165, 1.54) is 12.8 Å². The Bertz CT molecular complexity index is 38.7. The number of hydrogen-bond acceptors (Lipinski definition) is 2. The number of hydrogen-bond donors (Lipinski definition) is 1. The fourth-order valence-electron chi connectivity index (χ4n) is 0.204. The van der Waals surface area contributed by atoms with Crippen LogP contribution in [0, 0.1) is 0 Å². The zero-order chi connectivity index (χ0) is 7.70. The Labute approximate surface area is 70.0 Å². The van der Waals surface area contributed by atoms with Crippen LogP contribution in [0.25, 0.3) is 0 Å². The molecule has 0 rings (SSSR count). The lowest BCUT2D eigenvalue weighted by Gasteiger charge is -1.90. The zero-order valence-corrected chi connectivity index (χ0v) is 8.15. The quantitative estimate of drug-likeness (QED) is 0.589. The van der Waals surface area contributed by atoms with Crippen LogP contribution < -0.4 is 5.73 Å². The molecule has 0 aliphatic carbocycles. The third-order valence-electron chi connectivity index (χ3n) is 0.558. The summed E-state index contributed by atoms with van der Waals surface area (Å²) in [5.74, 6) is 0. The maximum absolute atomic E-state index is 5.14. The molecule has 0 bridgehead atoms. The number of nitrogens with zero attached hydrogens (tertiary/aromatic N) is 1. The maximum Gasteiger partial charge on any atom is -0.00774 e. The standard InChI is InChI=1S/C4H11N.C3H9N.2H2O/c1-2-3-4-5;1-4(2)3;;/h2-5H2,1H3;1-3H3;2*1H2. The molecule has 0 aromatic heterocycles. The molecule has 0 saturated carbocycles. The van der Waals surface area contributed by atoms with Crippen LogP contribution in [-0.4, -0.2) is 43.5 Å². The number of nitrogens with two attached hydrogens (primary N) is 1. The molecule has 0 aliphatic heterocycles. The van der Waals surface area contributed by atoms with Gasteiger partial charge in [-0.15, -0.1) is 0 Å². The Balaban J connectivity index is -0.0000000383. The van der Waals surface area contributed by atoms with Gasteiger partial charge in [-0.05, 0) is 34.1 Å². The van der Waals surface area contributed by atoms with E-state index < -0.39 is 0 Å². The maximum atomic E-state index is 5.14. The van der Waals surface area contributed by atoms with Crippen molar-refractivity contribution in [2.75, 3.05) is 27.7 Å². The summed E-state index contributed by atoms with van der Waals surface area (Å²) in [5, 5.41) is 0. The second-order valence-electron chi connectivity index (χ2n) is 2.48. The van der Waals surface area contributed by atoms with Crippen molar-refractivity contribution in [3.05, 3.63) is 0 Å². The molecule has 0 atom stereocenters. The van der Waals surface area contributed by atoms with Crippen LogP contribution in [0.1, 0.15) is 19.8 Å². The van der Waals surface area contributed by atoms with Gasteiger partial charge in [-0.3, -0.25) is 0 Å².